The summed E-state index contributed by atoms with van der Waals surface area (Å²) in [5.74, 6) is 0.0646. The Hall–Kier alpha value is -1.75. The van der Waals surface area contributed by atoms with E-state index in [1.165, 1.54) is 0 Å². The fourth-order valence-electron chi connectivity index (χ4n) is 2.87. The summed E-state index contributed by atoms with van der Waals surface area (Å²) in [5, 5.41) is 0. The lowest BCUT2D eigenvalue weighted by atomic mass is 10.0. The summed E-state index contributed by atoms with van der Waals surface area (Å²) in [4.78, 5) is 18.5. The minimum Gasteiger partial charge on any atom is -0.294 e. The Labute approximate surface area is 152 Å². The van der Waals surface area contributed by atoms with Crippen LogP contribution in [0.1, 0.15) is 49.2 Å². The molecule has 0 heterocycles. The van der Waals surface area contributed by atoms with E-state index in [9.17, 15) is 4.79 Å². The van der Waals surface area contributed by atoms with Crippen molar-refractivity contribution in [3.8, 4) is 0 Å². The van der Waals surface area contributed by atoms with E-state index in [4.69, 9.17) is 9.46 Å². The highest BCUT2D eigenvalue weighted by Crippen LogP contribution is 2.29. The molecule has 2 aromatic carbocycles. The van der Waals surface area contributed by atoms with Crippen LogP contribution in [-0.2, 0) is 9.46 Å². The molecule has 0 aromatic heterocycles. The molecular formula is C21H28O3Si. The molecule has 0 amide bonds. The van der Waals surface area contributed by atoms with E-state index < -0.39 is 8.32 Å². The van der Waals surface area contributed by atoms with Crippen LogP contribution in [0.5, 0.6) is 0 Å². The predicted molar refractivity (Wildman–Crippen MR) is 104 cm³/mol. The fourth-order valence-corrected chi connectivity index (χ4v) is 5.05. The maximum Gasteiger partial charge on any atom is 0.238 e. The summed E-state index contributed by atoms with van der Waals surface area (Å²) >= 11 is 0. The van der Waals surface area contributed by atoms with Gasteiger partial charge in [0.2, 0.25) is 8.32 Å². The third-order valence-corrected chi connectivity index (χ3v) is 9.23. The number of carbonyl (C=O) groups is 1. The van der Waals surface area contributed by atoms with Crippen molar-refractivity contribution in [2.75, 3.05) is 0 Å². The molecule has 4 heteroatoms. The molecule has 0 aliphatic heterocycles. The van der Waals surface area contributed by atoms with E-state index in [1.807, 2.05) is 60.7 Å². The van der Waals surface area contributed by atoms with Gasteiger partial charge in [0.1, 0.15) is 6.10 Å². The molecule has 0 bridgehead atoms. The van der Waals surface area contributed by atoms with Crippen molar-refractivity contribution >= 4 is 14.1 Å². The number of hydrogen-bond acceptors (Lipinski definition) is 3. The zero-order valence-corrected chi connectivity index (χ0v) is 16.4. The van der Waals surface area contributed by atoms with Gasteiger partial charge in [-0.25, -0.2) is 4.89 Å². The molecular weight excluding hydrogens is 328 g/mol. The molecule has 1 unspecified atom stereocenters. The molecule has 2 rings (SSSR count). The minimum absolute atomic E-state index is 0.0646. The number of ketones is 1. The van der Waals surface area contributed by atoms with Gasteiger partial charge >= 0.3 is 0 Å². The van der Waals surface area contributed by atoms with Crippen LogP contribution < -0.4 is 0 Å². The second kappa shape index (κ2) is 9.66. The van der Waals surface area contributed by atoms with Gasteiger partial charge in [-0.3, -0.25) is 9.37 Å². The monoisotopic (exact) mass is 356 g/mol. The molecule has 1 atom stereocenters. The lowest BCUT2D eigenvalue weighted by Crippen LogP contribution is -2.36. The number of benzene rings is 2. The van der Waals surface area contributed by atoms with Crippen LogP contribution in [0.2, 0.25) is 18.1 Å². The molecule has 0 aliphatic carbocycles. The van der Waals surface area contributed by atoms with Gasteiger partial charge in [-0.1, -0.05) is 81.4 Å². The molecule has 2 aromatic rings. The number of hydrogen-bond donors (Lipinski definition) is 0. The normalized spacial score (nSPS) is 12.8. The van der Waals surface area contributed by atoms with E-state index in [0.717, 1.165) is 23.7 Å². The predicted octanol–water partition coefficient (Wildman–Crippen LogP) is 5.95. The summed E-state index contributed by atoms with van der Waals surface area (Å²) in [7, 11) is -1.88. The van der Waals surface area contributed by atoms with E-state index in [0.29, 0.717) is 5.56 Å². The van der Waals surface area contributed by atoms with Crippen LogP contribution >= 0.6 is 0 Å². The van der Waals surface area contributed by atoms with Crippen molar-refractivity contribution in [2.45, 2.75) is 51.4 Å². The van der Waals surface area contributed by atoms with Gasteiger partial charge in [-0.15, -0.1) is 0 Å². The van der Waals surface area contributed by atoms with Gasteiger partial charge in [-0.05, 0) is 23.7 Å². The molecule has 0 N–H and O–H groups in total. The lowest BCUT2D eigenvalue weighted by molar-refractivity contribution is -0.259. The first-order chi connectivity index (χ1) is 12.1. The van der Waals surface area contributed by atoms with Crippen molar-refractivity contribution in [1.29, 1.82) is 0 Å². The van der Waals surface area contributed by atoms with Crippen molar-refractivity contribution in [2.24, 2.45) is 0 Å². The zero-order valence-electron chi connectivity index (χ0n) is 15.4. The first kappa shape index (κ1) is 19.6. The molecule has 0 spiro atoms. The number of carbonyl (C=O) groups excluding carboxylic acids is 1. The van der Waals surface area contributed by atoms with Crippen molar-refractivity contribution < 1.29 is 14.3 Å². The maximum absolute atomic E-state index is 12.6. The van der Waals surface area contributed by atoms with Gasteiger partial charge in [-0.2, -0.15) is 0 Å². The number of Topliss-reactive ketones (excluding diaryl/α,β-unsaturated/α-hetero) is 1. The molecule has 0 fully saturated rings. The summed E-state index contributed by atoms with van der Waals surface area (Å²) in [6.07, 6.45) is -0.110. The third-order valence-electron chi connectivity index (χ3n) is 4.91. The Kier molecular flexibility index (Phi) is 7.56. The first-order valence-electron chi connectivity index (χ1n) is 9.11. The van der Waals surface area contributed by atoms with Crippen LogP contribution in [0.25, 0.3) is 0 Å². The standard InChI is InChI=1S/C21H28O3Si/c1-4-25(5-2,6-3)24-23-21(19-15-11-8-12-16-19)17-20(22)18-13-9-7-10-14-18/h7-16,21H,4-6,17H2,1-3H3. The van der Waals surface area contributed by atoms with Gasteiger partial charge in [0.15, 0.2) is 5.78 Å². The van der Waals surface area contributed by atoms with Gasteiger partial charge in [0, 0.05) is 12.0 Å². The summed E-state index contributed by atoms with van der Waals surface area (Å²) in [6, 6.07) is 22.2. The van der Waals surface area contributed by atoms with E-state index >= 15 is 0 Å². The highest BCUT2D eigenvalue weighted by Gasteiger charge is 2.32. The minimum atomic E-state index is -1.88. The van der Waals surface area contributed by atoms with Crippen LogP contribution in [0.3, 0.4) is 0 Å². The van der Waals surface area contributed by atoms with Crippen LogP contribution in [0.15, 0.2) is 60.7 Å². The van der Waals surface area contributed by atoms with Crippen molar-refractivity contribution in [1.82, 2.24) is 0 Å². The highest BCUT2D eigenvalue weighted by atomic mass is 28.4. The topological polar surface area (TPSA) is 35.5 Å². The van der Waals surface area contributed by atoms with E-state index in [1.54, 1.807) is 0 Å². The summed E-state index contributed by atoms with van der Waals surface area (Å²) in [5.41, 5.74) is 1.68. The smallest absolute Gasteiger partial charge is 0.238 e. The van der Waals surface area contributed by atoms with E-state index in [2.05, 4.69) is 20.8 Å². The molecule has 25 heavy (non-hydrogen) atoms. The SMILES string of the molecule is CC[Si](CC)(CC)OOC(CC(=O)c1ccccc1)c1ccccc1. The molecule has 3 nitrogen and oxygen atoms in total. The lowest BCUT2D eigenvalue weighted by Gasteiger charge is -2.29. The van der Waals surface area contributed by atoms with Gasteiger partial charge < -0.3 is 0 Å². The Morgan fingerprint density at radius 3 is 1.92 bits per heavy atom. The second-order valence-corrected chi connectivity index (χ2v) is 11.0. The largest absolute Gasteiger partial charge is 0.294 e. The molecule has 0 saturated heterocycles. The summed E-state index contributed by atoms with van der Waals surface area (Å²) < 4.78 is 6.02. The van der Waals surface area contributed by atoms with Gasteiger partial charge in [0.05, 0.1) is 0 Å². The van der Waals surface area contributed by atoms with Gasteiger partial charge in [0.25, 0.3) is 0 Å². The quantitative estimate of drug-likeness (QED) is 0.228. The average molecular weight is 357 g/mol. The van der Waals surface area contributed by atoms with Crippen molar-refractivity contribution in [3.05, 3.63) is 71.8 Å². The molecule has 0 aliphatic rings. The Morgan fingerprint density at radius 2 is 1.40 bits per heavy atom. The van der Waals surface area contributed by atoms with E-state index in [-0.39, 0.29) is 18.3 Å². The zero-order chi connectivity index (χ0) is 18.1. The Bertz CT molecular complexity index is 630. The average Bonchev–Trinajstić information content (AvgIpc) is 2.69. The van der Waals surface area contributed by atoms with Crippen LogP contribution in [-0.4, -0.2) is 14.1 Å². The highest BCUT2D eigenvalue weighted by molar-refractivity contribution is 6.73. The third kappa shape index (κ3) is 5.36. The van der Waals surface area contributed by atoms with Crippen LogP contribution in [0.4, 0.5) is 0 Å². The summed E-state index contributed by atoms with van der Waals surface area (Å²) in [6.45, 7) is 6.49. The second-order valence-electron chi connectivity index (χ2n) is 6.32. The molecule has 134 valence electrons. The Morgan fingerprint density at radius 1 is 0.880 bits per heavy atom. The maximum atomic E-state index is 12.6. The molecule has 0 radical (unpaired) electrons. The van der Waals surface area contributed by atoms with Crippen LogP contribution in [0, 0.1) is 0 Å². The first-order valence-corrected chi connectivity index (χ1v) is 11.6. The molecule has 0 saturated carbocycles. The Balaban J connectivity index is 2.15. The number of rotatable bonds is 10. The fraction of sp³-hybridized carbons (Fsp3) is 0.381. The van der Waals surface area contributed by atoms with Crippen molar-refractivity contribution in [3.63, 3.8) is 0 Å².